The van der Waals surface area contributed by atoms with Gasteiger partial charge in [-0.25, -0.2) is 0 Å². The fourth-order valence-corrected chi connectivity index (χ4v) is 3.18. The van der Waals surface area contributed by atoms with E-state index in [4.69, 9.17) is 0 Å². The molecular weight excluding hydrogens is 256 g/mol. The van der Waals surface area contributed by atoms with E-state index in [0.717, 1.165) is 11.0 Å². The number of sulfonamides is 1. The average molecular weight is 264 g/mol. The molecule has 1 N–H and O–H groups in total. The Morgan fingerprint density at radius 3 is 2.67 bits per heavy atom. The number of aliphatic hydroxyl groups is 1. The van der Waals surface area contributed by atoms with Gasteiger partial charge in [0.25, 0.3) is 15.9 Å². The first-order chi connectivity index (χ1) is 8.49. The molecule has 92 valence electrons. The number of amides is 1. The standard InChI is InChI=1S/C11H8N2O4S/c14-7-5-10(15)13(6-7)11-8-3-1-2-4-9(8)18(16,17)12-11/h1-5,14H,6H2. The Balaban J connectivity index is 2.14. The van der Waals surface area contributed by atoms with Gasteiger partial charge in [-0.15, -0.1) is 4.40 Å². The van der Waals surface area contributed by atoms with Crippen LogP contribution in [0.2, 0.25) is 0 Å². The van der Waals surface area contributed by atoms with Gasteiger partial charge in [0.2, 0.25) is 0 Å². The van der Waals surface area contributed by atoms with Crippen LogP contribution in [0.1, 0.15) is 5.56 Å². The number of rotatable bonds is 0. The van der Waals surface area contributed by atoms with Crippen molar-refractivity contribution in [3.8, 4) is 0 Å². The van der Waals surface area contributed by atoms with Crippen LogP contribution < -0.4 is 0 Å². The SMILES string of the molecule is O=C1C=C(O)CN1C1=NS(=O)(=O)c2ccccc21. The number of fused-ring (bicyclic) bond motifs is 1. The van der Waals surface area contributed by atoms with E-state index in [1.54, 1.807) is 18.2 Å². The van der Waals surface area contributed by atoms with Crippen molar-refractivity contribution >= 4 is 21.8 Å². The molecule has 0 saturated carbocycles. The highest BCUT2D eigenvalue weighted by Gasteiger charge is 2.35. The minimum Gasteiger partial charge on any atom is -0.510 e. The third kappa shape index (κ3) is 1.44. The lowest BCUT2D eigenvalue weighted by Crippen LogP contribution is -2.32. The number of carbonyl (C=O) groups is 1. The first kappa shape index (κ1) is 11.0. The van der Waals surface area contributed by atoms with Crippen LogP contribution in [0.25, 0.3) is 0 Å². The largest absolute Gasteiger partial charge is 0.510 e. The molecule has 0 saturated heterocycles. The topological polar surface area (TPSA) is 87.0 Å². The summed E-state index contributed by atoms with van der Waals surface area (Å²) >= 11 is 0. The fourth-order valence-electron chi connectivity index (χ4n) is 1.97. The highest BCUT2D eigenvalue weighted by Crippen LogP contribution is 2.28. The summed E-state index contributed by atoms with van der Waals surface area (Å²) in [4.78, 5) is 12.8. The zero-order valence-corrected chi connectivity index (χ0v) is 9.88. The second kappa shape index (κ2) is 3.42. The van der Waals surface area contributed by atoms with Gasteiger partial charge in [0, 0.05) is 11.6 Å². The molecule has 3 rings (SSSR count). The number of aliphatic hydroxyl groups excluding tert-OH is 1. The summed E-state index contributed by atoms with van der Waals surface area (Å²) in [5.41, 5.74) is 0.383. The van der Waals surface area contributed by atoms with Gasteiger partial charge in [-0.3, -0.25) is 9.69 Å². The number of hydrogen-bond acceptors (Lipinski definition) is 4. The van der Waals surface area contributed by atoms with Crippen molar-refractivity contribution in [2.75, 3.05) is 6.54 Å². The van der Waals surface area contributed by atoms with E-state index in [-0.39, 0.29) is 23.0 Å². The summed E-state index contributed by atoms with van der Waals surface area (Å²) in [5, 5.41) is 9.30. The van der Waals surface area contributed by atoms with E-state index in [1.165, 1.54) is 6.07 Å². The molecule has 1 aromatic rings. The smallest absolute Gasteiger partial charge is 0.285 e. The molecule has 0 fully saturated rings. The maximum atomic E-state index is 11.8. The predicted octanol–water partition coefficient (Wildman–Crippen LogP) is 0.420. The molecule has 7 heteroatoms. The van der Waals surface area contributed by atoms with Crippen molar-refractivity contribution in [3.63, 3.8) is 0 Å². The van der Waals surface area contributed by atoms with Crippen molar-refractivity contribution in [2.24, 2.45) is 4.40 Å². The number of nitrogens with zero attached hydrogens (tertiary/aromatic N) is 2. The third-order valence-electron chi connectivity index (χ3n) is 2.74. The Bertz CT molecular complexity index is 718. The third-order valence-corrected chi connectivity index (χ3v) is 4.07. The van der Waals surface area contributed by atoms with Gasteiger partial charge in [-0.2, -0.15) is 8.42 Å². The van der Waals surface area contributed by atoms with Crippen LogP contribution in [-0.4, -0.2) is 36.7 Å². The quantitative estimate of drug-likeness (QED) is 0.735. The normalized spacial score (nSPS) is 20.7. The zero-order chi connectivity index (χ0) is 12.9. The molecule has 1 aromatic carbocycles. The Labute approximate surface area is 103 Å². The van der Waals surface area contributed by atoms with Crippen LogP contribution in [-0.2, 0) is 14.8 Å². The van der Waals surface area contributed by atoms with Crippen LogP contribution in [0.5, 0.6) is 0 Å². The average Bonchev–Trinajstić information content (AvgIpc) is 2.78. The number of hydrogen-bond donors (Lipinski definition) is 1. The molecule has 6 nitrogen and oxygen atoms in total. The molecular formula is C11H8N2O4S. The summed E-state index contributed by atoms with van der Waals surface area (Å²) in [6, 6.07) is 6.29. The van der Waals surface area contributed by atoms with Gasteiger partial charge in [-0.05, 0) is 12.1 Å². The molecule has 2 aliphatic heterocycles. The number of amidine groups is 1. The van der Waals surface area contributed by atoms with Crippen LogP contribution in [0.4, 0.5) is 0 Å². The Morgan fingerprint density at radius 2 is 2.00 bits per heavy atom. The van der Waals surface area contributed by atoms with E-state index in [2.05, 4.69) is 4.40 Å². The molecule has 2 heterocycles. The van der Waals surface area contributed by atoms with Crippen LogP contribution in [0, 0.1) is 0 Å². The molecule has 0 radical (unpaired) electrons. The van der Waals surface area contributed by atoms with Crippen molar-refractivity contribution in [1.29, 1.82) is 0 Å². The summed E-state index contributed by atoms with van der Waals surface area (Å²) in [6.07, 6.45) is 1.05. The predicted molar refractivity (Wildman–Crippen MR) is 62.6 cm³/mol. The first-order valence-corrected chi connectivity index (χ1v) is 6.58. The van der Waals surface area contributed by atoms with Crippen molar-refractivity contribution in [2.45, 2.75) is 4.90 Å². The molecule has 0 atom stereocenters. The number of benzene rings is 1. The molecule has 1 amide bonds. The maximum absolute atomic E-state index is 11.8. The van der Waals surface area contributed by atoms with Crippen LogP contribution >= 0.6 is 0 Å². The Kier molecular flexibility index (Phi) is 2.09. The molecule has 18 heavy (non-hydrogen) atoms. The van der Waals surface area contributed by atoms with Gasteiger partial charge in [0.05, 0.1) is 6.54 Å². The first-order valence-electron chi connectivity index (χ1n) is 5.14. The van der Waals surface area contributed by atoms with Gasteiger partial charge in [0.1, 0.15) is 10.7 Å². The zero-order valence-electron chi connectivity index (χ0n) is 9.07. The van der Waals surface area contributed by atoms with E-state index in [1.807, 2.05) is 0 Å². The second-order valence-electron chi connectivity index (χ2n) is 3.95. The lowest BCUT2D eigenvalue weighted by atomic mass is 10.2. The molecule has 0 spiro atoms. The van der Waals surface area contributed by atoms with Gasteiger partial charge >= 0.3 is 0 Å². The van der Waals surface area contributed by atoms with Gasteiger partial charge < -0.3 is 5.11 Å². The molecule has 0 aromatic heterocycles. The molecule has 0 unspecified atom stereocenters. The molecule has 2 aliphatic rings. The minimum atomic E-state index is -3.74. The summed E-state index contributed by atoms with van der Waals surface area (Å²) in [5.74, 6) is -0.515. The van der Waals surface area contributed by atoms with E-state index >= 15 is 0 Å². The molecule has 0 bridgehead atoms. The van der Waals surface area contributed by atoms with Crippen LogP contribution in [0.3, 0.4) is 0 Å². The minimum absolute atomic E-state index is 0.0540. The Morgan fingerprint density at radius 1 is 1.28 bits per heavy atom. The lowest BCUT2D eigenvalue weighted by molar-refractivity contribution is -0.121. The van der Waals surface area contributed by atoms with E-state index in [9.17, 15) is 18.3 Å². The lowest BCUT2D eigenvalue weighted by Gasteiger charge is -2.14. The van der Waals surface area contributed by atoms with E-state index < -0.39 is 15.9 Å². The van der Waals surface area contributed by atoms with Gasteiger partial charge in [0.15, 0.2) is 5.84 Å². The summed E-state index contributed by atoms with van der Waals surface area (Å²) in [6.45, 7) is -0.0540. The van der Waals surface area contributed by atoms with E-state index in [0.29, 0.717) is 5.56 Å². The maximum Gasteiger partial charge on any atom is 0.285 e. The summed E-state index contributed by atoms with van der Waals surface area (Å²) in [7, 11) is -3.74. The highest BCUT2D eigenvalue weighted by atomic mass is 32.2. The van der Waals surface area contributed by atoms with Gasteiger partial charge in [-0.1, -0.05) is 12.1 Å². The van der Waals surface area contributed by atoms with Crippen molar-refractivity contribution < 1.29 is 18.3 Å². The Hall–Kier alpha value is -2.15. The van der Waals surface area contributed by atoms with Crippen LogP contribution in [0.15, 0.2) is 45.4 Å². The highest BCUT2D eigenvalue weighted by molar-refractivity contribution is 7.90. The molecule has 0 aliphatic carbocycles. The van der Waals surface area contributed by atoms with Crippen molar-refractivity contribution in [3.05, 3.63) is 41.7 Å². The fraction of sp³-hybridized carbons (Fsp3) is 0.0909. The second-order valence-corrected chi connectivity index (χ2v) is 5.52. The monoisotopic (exact) mass is 264 g/mol. The van der Waals surface area contributed by atoms with Crippen molar-refractivity contribution in [1.82, 2.24) is 4.90 Å². The number of carbonyl (C=O) groups excluding carboxylic acids is 1. The summed E-state index contributed by atoms with van der Waals surface area (Å²) < 4.78 is 27.2.